The normalized spacial score (nSPS) is 12.1. The molecule has 0 aliphatic rings. The number of aromatic nitrogens is 2. The van der Waals surface area contributed by atoms with Crippen LogP contribution in [0.5, 0.6) is 17.2 Å². The van der Waals surface area contributed by atoms with Crippen molar-refractivity contribution in [3.8, 4) is 17.2 Å². The van der Waals surface area contributed by atoms with Crippen LogP contribution in [0.15, 0.2) is 84.9 Å². The van der Waals surface area contributed by atoms with Gasteiger partial charge < -0.3 is 18.8 Å². The summed E-state index contributed by atoms with van der Waals surface area (Å²) >= 11 is 0. The minimum absolute atomic E-state index is 0.143. The Morgan fingerprint density at radius 2 is 1.54 bits per heavy atom. The molecular formula is C30H30N2O3. The number of hydrogen-bond acceptors (Lipinski definition) is 4. The molecule has 5 nitrogen and oxygen atoms in total. The maximum absolute atomic E-state index is 6.02. The van der Waals surface area contributed by atoms with Gasteiger partial charge in [-0.15, -0.1) is 0 Å². The Hall–Kier alpha value is -3.99. The predicted octanol–water partition coefficient (Wildman–Crippen LogP) is 6.83. The van der Waals surface area contributed by atoms with Crippen molar-refractivity contribution in [3.63, 3.8) is 0 Å². The molecule has 0 aliphatic carbocycles. The fraction of sp³-hybridized carbons (Fsp3) is 0.233. The van der Waals surface area contributed by atoms with Crippen molar-refractivity contribution < 1.29 is 14.2 Å². The fourth-order valence-corrected chi connectivity index (χ4v) is 4.59. The van der Waals surface area contributed by atoms with Crippen LogP contribution in [0.2, 0.25) is 0 Å². The van der Waals surface area contributed by atoms with Crippen molar-refractivity contribution in [2.45, 2.75) is 25.8 Å². The summed E-state index contributed by atoms with van der Waals surface area (Å²) in [5.41, 5.74) is 3.41. The molecule has 0 saturated carbocycles. The van der Waals surface area contributed by atoms with Gasteiger partial charge in [-0.3, -0.25) is 0 Å². The van der Waals surface area contributed by atoms with Gasteiger partial charge in [0.05, 0.1) is 31.9 Å². The second kappa shape index (κ2) is 10.1. The lowest BCUT2D eigenvalue weighted by Gasteiger charge is -2.17. The molecule has 0 bridgehead atoms. The summed E-state index contributed by atoms with van der Waals surface area (Å²) < 4.78 is 19.1. The molecule has 5 heteroatoms. The summed E-state index contributed by atoms with van der Waals surface area (Å²) in [5.74, 6) is 3.60. The molecule has 1 atom stereocenters. The van der Waals surface area contributed by atoms with Crippen molar-refractivity contribution in [3.05, 3.63) is 96.3 Å². The maximum atomic E-state index is 6.02. The molecule has 0 spiro atoms. The quantitative estimate of drug-likeness (QED) is 0.223. The van der Waals surface area contributed by atoms with E-state index in [1.54, 1.807) is 14.2 Å². The van der Waals surface area contributed by atoms with E-state index in [9.17, 15) is 0 Å². The summed E-state index contributed by atoms with van der Waals surface area (Å²) in [6.45, 7) is 3.65. The Bertz CT molecular complexity index is 1460. The summed E-state index contributed by atoms with van der Waals surface area (Å²) in [4.78, 5) is 5.04. The van der Waals surface area contributed by atoms with Crippen LogP contribution in [-0.4, -0.2) is 30.4 Å². The molecule has 5 rings (SSSR count). The summed E-state index contributed by atoms with van der Waals surface area (Å²) in [6, 6.07) is 28.9. The smallest absolute Gasteiger partial charge is 0.161 e. The average Bonchev–Trinajstić information content (AvgIpc) is 3.28. The van der Waals surface area contributed by atoms with Crippen LogP contribution in [0.4, 0.5) is 0 Å². The van der Waals surface area contributed by atoms with Gasteiger partial charge in [-0.2, -0.15) is 0 Å². The standard InChI is InChI=1S/C30H30N2O3/c1-21(22-13-14-24-20-25(33-2)16-15-23(24)19-22)30-31-26-9-4-5-10-27(26)32(30)17-8-18-35-29-12-7-6-11-28(29)34-3/h4-7,9-16,19-21H,8,17-18H2,1-3H3. The summed E-state index contributed by atoms with van der Waals surface area (Å²) in [5, 5.41) is 2.37. The number of hydrogen-bond donors (Lipinski definition) is 0. The van der Waals surface area contributed by atoms with Gasteiger partial charge in [-0.25, -0.2) is 4.98 Å². The number of nitrogens with zero attached hydrogens (tertiary/aromatic N) is 2. The van der Waals surface area contributed by atoms with Gasteiger partial charge in [0.2, 0.25) is 0 Å². The number of imidazole rings is 1. The van der Waals surface area contributed by atoms with Crippen molar-refractivity contribution in [1.29, 1.82) is 0 Å². The van der Waals surface area contributed by atoms with Crippen LogP contribution in [0, 0.1) is 0 Å². The van der Waals surface area contributed by atoms with Crippen molar-refractivity contribution in [2.24, 2.45) is 0 Å². The first-order valence-corrected chi connectivity index (χ1v) is 12.0. The molecule has 0 radical (unpaired) electrons. The van der Waals surface area contributed by atoms with E-state index < -0.39 is 0 Å². The predicted molar refractivity (Wildman–Crippen MR) is 141 cm³/mol. The van der Waals surface area contributed by atoms with Gasteiger partial charge in [-0.05, 0) is 59.2 Å². The summed E-state index contributed by atoms with van der Waals surface area (Å²) in [7, 11) is 3.36. The number of para-hydroxylation sites is 4. The number of ether oxygens (including phenoxy) is 3. The van der Waals surface area contributed by atoms with Gasteiger partial charge in [0.25, 0.3) is 0 Å². The number of rotatable bonds is 9. The minimum Gasteiger partial charge on any atom is -0.497 e. The highest BCUT2D eigenvalue weighted by Gasteiger charge is 2.18. The highest BCUT2D eigenvalue weighted by atomic mass is 16.5. The fourth-order valence-electron chi connectivity index (χ4n) is 4.59. The Labute approximate surface area is 205 Å². The van der Waals surface area contributed by atoms with E-state index in [4.69, 9.17) is 19.2 Å². The van der Waals surface area contributed by atoms with Crippen LogP contribution in [0.3, 0.4) is 0 Å². The van der Waals surface area contributed by atoms with E-state index in [1.165, 1.54) is 16.3 Å². The largest absolute Gasteiger partial charge is 0.497 e. The molecule has 4 aromatic carbocycles. The SMILES string of the molecule is COc1ccc2cc(C(C)c3nc4ccccc4n3CCCOc3ccccc3OC)ccc2c1. The van der Waals surface area contributed by atoms with Gasteiger partial charge in [0.15, 0.2) is 11.5 Å². The van der Waals surface area contributed by atoms with E-state index in [2.05, 4.69) is 60.0 Å². The highest BCUT2D eigenvalue weighted by Crippen LogP contribution is 2.31. The number of benzene rings is 4. The van der Waals surface area contributed by atoms with Crippen LogP contribution in [-0.2, 0) is 6.54 Å². The average molecular weight is 467 g/mol. The monoisotopic (exact) mass is 466 g/mol. The lowest BCUT2D eigenvalue weighted by Crippen LogP contribution is -2.11. The second-order valence-electron chi connectivity index (χ2n) is 8.66. The molecule has 35 heavy (non-hydrogen) atoms. The lowest BCUT2D eigenvalue weighted by atomic mass is 9.97. The first-order chi connectivity index (χ1) is 17.2. The Morgan fingerprint density at radius 3 is 2.37 bits per heavy atom. The molecule has 0 aliphatic heterocycles. The van der Waals surface area contributed by atoms with Crippen LogP contribution < -0.4 is 14.2 Å². The highest BCUT2D eigenvalue weighted by molar-refractivity contribution is 5.85. The zero-order valence-electron chi connectivity index (χ0n) is 20.4. The van der Waals surface area contributed by atoms with Crippen LogP contribution in [0.25, 0.3) is 21.8 Å². The Kier molecular flexibility index (Phi) is 6.57. The molecule has 1 unspecified atom stereocenters. The topological polar surface area (TPSA) is 45.5 Å². The Balaban J connectivity index is 1.39. The van der Waals surface area contributed by atoms with Gasteiger partial charge in [-0.1, -0.05) is 55.5 Å². The molecule has 0 N–H and O–H groups in total. The zero-order valence-corrected chi connectivity index (χ0v) is 20.4. The number of methoxy groups -OCH3 is 2. The third-order valence-electron chi connectivity index (χ3n) is 6.50. The van der Waals surface area contributed by atoms with Gasteiger partial charge in [0, 0.05) is 12.5 Å². The molecule has 1 aromatic heterocycles. The van der Waals surface area contributed by atoms with Crippen LogP contribution >= 0.6 is 0 Å². The van der Waals surface area contributed by atoms with Crippen molar-refractivity contribution in [2.75, 3.05) is 20.8 Å². The van der Waals surface area contributed by atoms with E-state index in [1.807, 2.05) is 36.4 Å². The summed E-state index contributed by atoms with van der Waals surface area (Å²) in [6.07, 6.45) is 0.857. The first-order valence-electron chi connectivity index (χ1n) is 12.0. The minimum atomic E-state index is 0.143. The third-order valence-corrected chi connectivity index (χ3v) is 6.50. The molecular weight excluding hydrogens is 436 g/mol. The molecule has 0 fully saturated rings. The second-order valence-corrected chi connectivity index (χ2v) is 8.66. The molecule has 178 valence electrons. The molecule has 1 heterocycles. The molecule has 5 aromatic rings. The maximum Gasteiger partial charge on any atom is 0.161 e. The van der Waals surface area contributed by atoms with E-state index >= 15 is 0 Å². The van der Waals surface area contributed by atoms with Gasteiger partial charge >= 0.3 is 0 Å². The van der Waals surface area contributed by atoms with Crippen molar-refractivity contribution >= 4 is 21.8 Å². The van der Waals surface area contributed by atoms with Crippen molar-refractivity contribution in [1.82, 2.24) is 9.55 Å². The third kappa shape index (κ3) is 4.67. The van der Waals surface area contributed by atoms with Crippen LogP contribution in [0.1, 0.15) is 30.7 Å². The number of fused-ring (bicyclic) bond motifs is 2. The first kappa shape index (κ1) is 22.8. The zero-order chi connectivity index (χ0) is 24.2. The Morgan fingerprint density at radius 1 is 0.800 bits per heavy atom. The molecule has 0 amide bonds. The lowest BCUT2D eigenvalue weighted by molar-refractivity contribution is 0.282. The van der Waals surface area contributed by atoms with E-state index in [-0.39, 0.29) is 5.92 Å². The van der Waals surface area contributed by atoms with E-state index in [0.717, 1.165) is 47.1 Å². The number of aryl methyl sites for hydroxylation is 1. The van der Waals surface area contributed by atoms with E-state index in [0.29, 0.717) is 6.61 Å². The van der Waals surface area contributed by atoms with Gasteiger partial charge in [0.1, 0.15) is 11.6 Å². The molecule has 0 saturated heterocycles.